The average Bonchev–Trinajstić information content (AvgIpc) is 3.35. The highest BCUT2D eigenvalue weighted by Gasteiger charge is 2.19. The molecule has 3 heterocycles. The Bertz CT molecular complexity index is 1160. The highest BCUT2D eigenvalue weighted by molar-refractivity contribution is 5.89. The van der Waals surface area contributed by atoms with Crippen LogP contribution in [0.5, 0.6) is 0 Å². The third kappa shape index (κ3) is 2.58. The summed E-state index contributed by atoms with van der Waals surface area (Å²) in [6.07, 6.45) is 7.10. The summed E-state index contributed by atoms with van der Waals surface area (Å²) in [7, 11) is 0. The number of nitrogens with zero attached hydrogens (tertiary/aromatic N) is 6. The zero-order valence-corrected chi connectivity index (χ0v) is 13.7. The first-order valence-corrected chi connectivity index (χ1v) is 8.00. The minimum atomic E-state index is -0.340. The molecule has 0 radical (unpaired) electrons. The Hall–Kier alpha value is -3.97. The number of hydrogen-bond acceptors (Lipinski definition) is 5. The van der Waals surface area contributed by atoms with Gasteiger partial charge >= 0.3 is 0 Å². The standard InChI is InChI=1S/C19H13N7/c20-7-5-17(15-4-2-1-3-13(15)9-21)26-11-14(10-25-26)18-16-6-8-22-19(16)24-12-23-18/h1-4,6,8,10-12,17H,5H2,(H,22,23,24). The van der Waals surface area contributed by atoms with Crippen molar-refractivity contribution in [3.05, 3.63) is 66.4 Å². The molecule has 0 amide bonds. The van der Waals surface area contributed by atoms with Crippen LogP contribution in [0.25, 0.3) is 22.3 Å². The maximum atomic E-state index is 9.38. The summed E-state index contributed by atoms with van der Waals surface area (Å²) >= 11 is 0. The Morgan fingerprint density at radius 2 is 2.04 bits per heavy atom. The molecule has 4 rings (SSSR count). The number of rotatable bonds is 4. The van der Waals surface area contributed by atoms with Gasteiger partial charge in [0.25, 0.3) is 0 Å². The first kappa shape index (κ1) is 15.6. The van der Waals surface area contributed by atoms with Crippen molar-refractivity contribution in [1.82, 2.24) is 24.7 Å². The van der Waals surface area contributed by atoms with Gasteiger partial charge in [-0.15, -0.1) is 0 Å². The van der Waals surface area contributed by atoms with Crippen LogP contribution in [0.15, 0.2) is 55.2 Å². The smallest absolute Gasteiger partial charge is 0.141 e. The van der Waals surface area contributed by atoms with Gasteiger partial charge in [0.1, 0.15) is 12.0 Å². The molecule has 0 aliphatic carbocycles. The maximum Gasteiger partial charge on any atom is 0.141 e. The van der Waals surface area contributed by atoms with Crippen molar-refractivity contribution < 1.29 is 0 Å². The molecule has 26 heavy (non-hydrogen) atoms. The fraction of sp³-hybridized carbons (Fsp3) is 0.105. The summed E-state index contributed by atoms with van der Waals surface area (Å²) in [6.45, 7) is 0. The molecule has 7 heteroatoms. The molecule has 0 spiro atoms. The lowest BCUT2D eigenvalue weighted by Crippen LogP contribution is -2.12. The van der Waals surface area contributed by atoms with Crippen LogP contribution in [0.2, 0.25) is 0 Å². The molecule has 1 N–H and O–H groups in total. The SMILES string of the molecule is N#CCC(c1ccccc1C#N)n1cc(-c2ncnc3[nH]ccc23)cn1. The van der Waals surface area contributed by atoms with Crippen molar-refractivity contribution in [3.63, 3.8) is 0 Å². The normalized spacial score (nSPS) is 11.8. The summed E-state index contributed by atoms with van der Waals surface area (Å²) in [5.41, 5.74) is 3.67. The first-order valence-electron chi connectivity index (χ1n) is 8.00. The molecule has 0 fully saturated rings. The summed E-state index contributed by atoms with van der Waals surface area (Å²) < 4.78 is 1.72. The first-order chi connectivity index (χ1) is 12.8. The molecular weight excluding hydrogens is 326 g/mol. The molecule has 0 bridgehead atoms. The Morgan fingerprint density at radius 3 is 2.88 bits per heavy atom. The van der Waals surface area contributed by atoms with Crippen LogP contribution in [0.1, 0.15) is 23.6 Å². The van der Waals surface area contributed by atoms with Crippen molar-refractivity contribution in [2.45, 2.75) is 12.5 Å². The van der Waals surface area contributed by atoms with Crippen molar-refractivity contribution in [3.8, 4) is 23.4 Å². The number of benzene rings is 1. The van der Waals surface area contributed by atoms with Gasteiger partial charge in [0.05, 0.1) is 42.1 Å². The van der Waals surface area contributed by atoms with Gasteiger partial charge in [-0.3, -0.25) is 4.68 Å². The molecular formula is C19H13N7. The van der Waals surface area contributed by atoms with E-state index in [4.69, 9.17) is 0 Å². The monoisotopic (exact) mass is 339 g/mol. The molecule has 0 aliphatic heterocycles. The van der Waals surface area contributed by atoms with E-state index in [0.717, 1.165) is 27.9 Å². The van der Waals surface area contributed by atoms with Gasteiger partial charge in [-0.1, -0.05) is 18.2 Å². The van der Waals surface area contributed by atoms with Gasteiger partial charge in [-0.25, -0.2) is 9.97 Å². The number of aromatic nitrogens is 5. The zero-order valence-electron chi connectivity index (χ0n) is 13.7. The predicted octanol–water partition coefficient (Wildman–Crippen LogP) is 3.20. The fourth-order valence-electron chi connectivity index (χ4n) is 3.06. The number of H-pyrrole nitrogens is 1. The van der Waals surface area contributed by atoms with Crippen LogP contribution in [-0.4, -0.2) is 24.7 Å². The molecule has 0 aliphatic rings. The number of hydrogen-bond donors (Lipinski definition) is 1. The molecule has 4 aromatic rings. The lowest BCUT2D eigenvalue weighted by atomic mass is 9.99. The van der Waals surface area contributed by atoms with E-state index < -0.39 is 0 Å². The molecule has 7 nitrogen and oxygen atoms in total. The second-order valence-electron chi connectivity index (χ2n) is 5.75. The van der Waals surface area contributed by atoms with E-state index in [1.807, 2.05) is 36.7 Å². The maximum absolute atomic E-state index is 9.38. The largest absolute Gasteiger partial charge is 0.346 e. The average molecular weight is 339 g/mol. The fourth-order valence-corrected chi connectivity index (χ4v) is 3.06. The Labute approximate surface area is 149 Å². The minimum absolute atomic E-state index is 0.211. The van der Waals surface area contributed by atoms with Crippen LogP contribution >= 0.6 is 0 Å². The van der Waals surface area contributed by atoms with Crippen molar-refractivity contribution >= 4 is 11.0 Å². The van der Waals surface area contributed by atoms with E-state index in [-0.39, 0.29) is 12.5 Å². The molecule has 1 aromatic carbocycles. The van der Waals surface area contributed by atoms with Crippen LogP contribution < -0.4 is 0 Å². The summed E-state index contributed by atoms with van der Waals surface area (Å²) in [6, 6.07) is 13.2. The lowest BCUT2D eigenvalue weighted by Gasteiger charge is -2.16. The van der Waals surface area contributed by atoms with Crippen molar-refractivity contribution in [2.75, 3.05) is 0 Å². The van der Waals surface area contributed by atoms with E-state index in [1.165, 1.54) is 6.33 Å². The predicted molar refractivity (Wildman–Crippen MR) is 94.6 cm³/mol. The molecule has 1 unspecified atom stereocenters. The lowest BCUT2D eigenvalue weighted by molar-refractivity contribution is 0.531. The zero-order chi connectivity index (χ0) is 17.9. The Kier molecular flexibility index (Phi) is 3.89. The number of aromatic amines is 1. The molecule has 0 saturated heterocycles. The van der Waals surface area contributed by atoms with E-state index in [2.05, 4.69) is 32.2 Å². The quantitative estimate of drug-likeness (QED) is 0.614. The van der Waals surface area contributed by atoms with Gasteiger partial charge in [-0.05, 0) is 17.7 Å². The number of fused-ring (bicyclic) bond motifs is 1. The van der Waals surface area contributed by atoms with E-state index in [9.17, 15) is 10.5 Å². The Balaban J connectivity index is 1.79. The summed E-state index contributed by atoms with van der Waals surface area (Å²) in [5, 5.41) is 24.0. The van der Waals surface area contributed by atoms with E-state index in [0.29, 0.717) is 5.56 Å². The Morgan fingerprint density at radius 1 is 1.15 bits per heavy atom. The highest BCUT2D eigenvalue weighted by Crippen LogP contribution is 2.28. The topological polar surface area (TPSA) is 107 Å². The van der Waals surface area contributed by atoms with Crippen LogP contribution in [0.4, 0.5) is 0 Å². The van der Waals surface area contributed by atoms with Gasteiger partial charge in [-0.2, -0.15) is 15.6 Å². The van der Waals surface area contributed by atoms with Crippen LogP contribution in [-0.2, 0) is 0 Å². The number of nitriles is 2. The van der Waals surface area contributed by atoms with Gasteiger partial charge in [0.15, 0.2) is 0 Å². The molecule has 1 atom stereocenters. The molecule has 124 valence electrons. The molecule has 3 aromatic heterocycles. The second kappa shape index (κ2) is 6.50. The second-order valence-corrected chi connectivity index (χ2v) is 5.75. The van der Waals surface area contributed by atoms with Crippen molar-refractivity contribution in [2.24, 2.45) is 0 Å². The number of nitrogens with one attached hydrogen (secondary N) is 1. The van der Waals surface area contributed by atoms with Gasteiger partial charge in [0.2, 0.25) is 0 Å². The van der Waals surface area contributed by atoms with E-state index >= 15 is 0 Å². The highest BCUT2D eigenvalue weighted by atomic mass is 15.3. The third-order valence-corrected chi connectivity index (χ3v) is 4.27. The van der Waals surface area contributed by atoms with Crippen molar-refractivity contribution in [1.29, 1.82) is 10.5 Å². The van der Waals surface area contributed by atoms with Crippen LogP contribution in [0.3, 0.4) is 0 Å². The minimum Gasteiger partial charge on any atom is -0.346 e. The third-order valence-electron chi connectivity index (χ3n) is 4.27. The summed E-state index contributed by atoms with van der Waals surface area (Å²) in [4.78, 5) is 11.6. The van der Waals surface area contributed by atoms with Gasteiger partial charge < -0.3 is 4.98 Å². The van der Waals surface area contributed by atoms with Crippen LogP contribution in [0, 0.1) is 22.7 Å². The van der Waals surface area contributed by atoms with E-state index in [1.54, 1.807) is 16.9 Å². The molecule has 0 saturated carbocycles. The van der Waals surface area contributed by atoms with Gasteiger partial charge in [0, 0.05) is 23.3 Å². The summed E-state index contributed by atoms with van der Waals surface area (Å²) in [5.74, 6) is 0.